The highest BCUT2D eigenvalue weighted by atomic mass is 19.1. The van der Waals surface area contributed by atoms with Crippen molar-refractivity contribution in [2.24, 2.45) is 5.92 Å². The fourth-order valence-electron chi connectivity index (χ4n) is 5.79. The summed E-state index contributed by atoms with van der Waals surface area (Å²) < 4.78 is 14.1. The number of amides is 1. The van der Waals surface area contributed by atoms with E-state index in [1.165, 1.54) is 36.2 Å². The van der Waals surface area contributed by atoms with Gasteiger partial charge in [0.25, 0.3) is 5.91 Å². The van der Waals surface area contributed by atoms with E-state index in [1.807, 2.05) is 12.1 Å². The number of hydrogen-bond acceptors (Lipinski definition) is 3. The SMILES string of the molecule is C[C@H]1CC[C@](c2cccc(NC(=O)c3ccccc3F)c2)(N2CCN(c3ccccc3)CC2)CC1. The Kier molecular flexibility index (Phi) is 6.87. The standard InChI is InChI=1S/C30H34FN3O/c1-23-14-16-30(17-15-23,34-20-18-33(19-21-34)26-10-3-2-4-11-26)24-8-7-9-25(22-24)32-29(35)27-12-5-6-13-28(27)31/h2-13,22-23H,14-21H2,1H3,(H,32,35)/t23-,30-. The third-order valence-corrected chi connectivity index (χ3v) is 7.88. The topological polar surface area (TPSA) is 35.6 Å². The lowest BCUT2D eigenvalue weighted by atomic mass is 9.71. The zero-order valence-electron chi connectivity index (χ0n) is 20.4. The van der Waals surface area contributed by atoms with Crippen molar-refractivity contribution in [1.82, 2.24) is 4.90 Å². The van der Waals surface area contributed by atoms with Gasteiger partial charge in [-0.05, 0) is 73.6 Å². The number of halogens is 1. The number of rotatable bonds is 5. The van der Waals surface area contributed by atoms with Crippen LogP contribution in [0.1, 0.15) is 48.5 Å². The van der Waals surface area contributed by atoms with Crippen molar-refractivity contribution in [3.05, 3.63) is 95.8 Å². The van der Waals surface area contributed by atoms with E-state index in [1.54, 1.807) is 12.1 Å². The molecule has 1 aliphatic heterocycles. The number of hydrogen-bond donors (Lipinski definition) is 1. The van der Waals surface area contributed by atoms with Crippen molar-refractivity contribution in [2.45, 2.75) is 38.1 Å². The zero-order chi connectivity index (χ0) is 24.3. The fourth-order valence-corrected chi connectivity index (χ4v) is 5.79. The van der Waals surface area contributed by atoms with Gasteiger partial charge in [0.05, 0.1) is 5.56 Å². The summed E-state index contributed by atoms with van der Waals surface area (Å²) >= 11 is 0. The van der Waals surface area contributed by atoms with E-state index in [4.69, 9.17) is 0 Å². The third-order valence-electron chi connectivity index (χ3n) is 7.88. The maximum Gasteiger partial charge on any atom is 0.258 e. The third kappa shape index (κ3) is 4.96. The van der Waals surface area contributed by atoms with Crippen molar-refractivity contribution in [1.29, 1.82) is 0 Å². The lowest BCUT2D eigenvalue weighted by Gasteiger charge is -2.51. The van der Waals surface area contributed by atoms with Crippen LogP contribution < -0.4 is 10.2 Å². The van der Waals surface area contributed by atoms with Gasteiger partial charge >= 0.3 is 0 Å². The lowest BCUT2D eigenvalue weighted by molar-refractivity contribution is 0.0299. The van der Waals surface area contributed by atoms with Gasteiger partial charge in [-0.25, -0.2) is 4.39 Å². The number of para-hydroxylation sites is 1. The van der Waals surface area contributed by atoms with Gasteiger partial charge in [0.15, 0.2) is 0 Å². The maximum atomic E-state index is 14.1. The highest BCUT2D eigenvalue weighted by molar-refractivity contribution is 6.04. The molecule has 1 heterocycles. The summed E-state index contributed by atoms with van der Waals surface area (Å²) in [6, 6.07) is 25.0. The average molecular weight is 472 g/mol. The molecule has 4 nitrogen and oxygen atoms in total. The van der Waals surface area contributed by atoms with Crippen LogP contribution in [0.15, 0.2) is 78.9 Å². The largest absolute Gasteiger partial charge is 0.369 e. The molecule has 2 fully saturated rings. The summed E-state index contributed by atoms with van der Waals surface area (Å²) in [6.07, 6.45) is 4.63. The van der Waals surface area contributed by atoms with Crippen LogP contribution in [0.2, 0.25) is 0 Å². The molecule has 1 saturated heterocycles. The smallest absolute Gasteiger partial charge is 0.258 e. The normalized spacial score (nSPS) is 23.1. The number of nitrogens with one attached hydrogen (secondary N) is 1. The summed E-state index contributed by atoms with van der Waals surface area (Å²) in [7, 11) is 0. The molecule has 5 heteroatoms. The quantitative estimate of drug-likeness (QED) is 0.474. The lowest BCUT2D eigenvalue weighted by Crippen LogP contribution is -2.56. The van der Waals surface area contributed by atoms with Crippen LogP contribution in [0.25, 0.3) is 0 Å². The van der Waals surface area contributed by atoms with Crippen molar-refractivity contribution in [3.8, 4) is 0 Å². The highest BCUT2D eigenvalue weighted by Gasteiger charge is 2.42. The Balaban J connectivity index is 1.38. The second-order valence-corrected chi connectivity index (χ2v) is 10.0. The van der Waals surface area contributed by atoms with E-state index in [9.17, 15) is 9.18 Å². The van der Waals surface area contributed by atoms with Gasteiger partial charge in [0.2, 0.25) is 0 Å². The molecule has 1 saturated carbocycles. The molecule has 0 aromatic heterocycles. The minimum Gasteiger partial charge on any atom is -0.369 e. The predicted molar refractivity (Wildman–Crippen MR) is 140 cm³/mol. The zero-order valence-corrected chi connectivity index (χ0v) is 20.4. The van der Waals surface area contributed by atoms with Crippen LogP contribution in [-0.4, -0.2) is 37.0 Å². The minimum atomic E-state index is -0.504. The molecule has 0 atom stereocenters. The summed E-state index contributed by atoms with van der Waals surface area (Å²) in [5.41, 5.74) is 3.29. The predicted octanol–water partition coefficient (Wildman–Crippen LogP) is 6.31. The number of nitrogens with zero attached hydrogens (tertiary/aromatic N) is 2. The van der Waals surface area contributed by atoms with Gasteiger partial charge in [-0.15, -0.1) is 0 Å². The Morgan fingerprint density at radius 3 is 2.29 bits per heavy atom. The number of benzene rings is 3. The molecule has 0 spiro atoms. The molecule has 0 bridgehead atoms. The van der Waals surface area contributed by atoms with E-state index in [0.29, 0.717) is 0 Å². The summed E-state index contributed by atoms with van der Waals surface area (Å²) in [4.78, 5) is 17.9. The molecule has 2 aliphatic rings. The first-order valence-corrected chi connectivity index (χ1v) is 12.8. The van der Waals surface area contributed by atoms with E-state index in [2.05, 4.69) is 64.5 Å². The molecule has 0 radical (unpaired) electrons. The summed E-state index contributed by atoms with van der Waals surface area (Å²) in [6.45, 7) is 6.38. The number of carbonyl (C=O) groups is 1. The van der Waals surface area contributed by atoms with Crippen LogP contribution in [0.4, 0.5) is 15.8 Å². The van der Waals surface area contributed by atoms with Gasteiger partial charge in [0.1, 0.15) is 5.82 Å². The van der Waals surface area contributed by atoms with Crippen LogP contribution in [0.3, 0.4) is 0 Å². The average Bonchev–Trinajstić information content (AvgIpc) is 2.90. The van der Waals surface area contributed by atoms with Gasteiger partial charge in [-0.2, -0.15) is 0 Å². The van der Waals surface area contributed by atoms with Crippen molar-refractivity contribution >= 4 is 17.3 Å². The number of anilines is 2. The Morgan fingerprint density at radius 2 is 1.57 bits per heavy atom. The van der Waals surface area contributed by atoms with Crippen LogP contribution in [0, 0.1) is 11.7 Å². The Labute approximate surface area is 207 Å². The van der Waals surface area contributed by atoms with Crippen molar-refractivity contribution < 1.29 is 9.18 Å². The number of piperazine rings is 1. The monoisotopic (exact) mass is 471 g/mol. The molecule has 5 rings (SSSR count). The second kappa shape index (κ2) is 10.2. The van der Waals surface area contributed by atoms with Crippen molar-refractivity contribution in [3.63, 3.8) is 0 Å². The first kappa shape index (κ1) is 23.6. The molecule has 35 heavy (non-hydrogen) atoms. The van der Waals surface area contributed by atoms with Gasteiger partial charge in [-0.1, -0.05) is 49.4 Å². The molecular formula is C30H34FN3O. The van der Waals surface area contributed by atoms with E-state index in [-0.39, 0.29) is 11.1 Å². The molecule has 1 N–H and O–H groups in total. The number of carbonyl (C=O) groups excluding carboxylic acids is 1. The fraction of sp³-hybridized carbons (Fsp3) is 0.367. The molecule has 3 aromatic rings. The van der Waals surface area contributed by atoms with Crippen molar-refractivity contribution in [2.75, 3.05) is 36.4 Å². The Bertz CT molecular complexity index is 1150. The Morgan fingerprint density at radius 1 is 0.886 bits per heavy atom. The molecule has 1 aliphatic carbocycles. The molecule has 3 aromatic carbocycles. The highest BCUT2D eigenvalue weighted by Crippen LogP contribution is 2.45. The minimum absolute atomic E-state index is 0.0337. The first-order valence-electron chi connectivity index (χ1n) is 12.8. The Hall–Kier alpha value is -3.18. The summed E-state index contributed by atoms with van der Waals surface area (Å²) in [5.74, 6) is -0.184. The first-order chi connectivity index (χ1) is 17.0. The van der Waals surface area contributed by atoms with E-state index in [0.717, 1.165) is 50.6 Å². The molecular weight excluding hydrogens is 437 g/mol. The second-order valence-electron chi connectivity index (χ2n) is 10.0. The van der Waals surface area contributed by atoms with Crippen LogP contribution in [-0.2, 0) is 5.54 Å². The maximum absolute atomic E-state index is 14.1. The van der Waals surface area contributed by atoms with Crippen LogP contribution >= 0.6 is 0 Å². The molecule has 0 unspecified atom stereocenters. The summed E-state index contributed by atoms with van der Waals surface area (Å²) in [5, 5.41) is 2.93. The van der Waals surface area contributed by atoms with Gasteiger partial charge in [0, 0.05) is 43.1 Å². The van der Waals surface area contributed by atoms with Crippen LogP contribution in [0.5, 0.6) is 0 Å². The van der Waals surface area contributed by atoms with Gasteiger partial charge in [-0.3, -0.25) is 9.69 Å². The molecule has 182 valence electrons. The van der Waals surface area contributed by atoms with E-state index >= 15 is 0 Å². The van der Waals surface area contributed by atoms with E-state index < -0.39 is 11.7 Å². The van der Waals surface area contributed by atoms with Gasteiger partial charge < -0.3 is 10.2 Å². The molecule has 1 amide bonds.